The van der Waals surface area contributed by atoms with Gasteiger partial charge in [-0.2, -0.15) is 0 Å². The summed E-state index contributed by atoms with van der Waals surface area (Å²) in [6, 6.07) is 0. The summed E-state index contributed by atoms with van der Waals surface area (Å²) >= 11 is 0. The molecular formula is C15H32N2O. The first-order valence-electron chi connectivity index (χ1n) is 7.73. The molecule has 1 atom stereocenters. The van der Waals surface area contributed by atoms with Crippen molar-refractivity contribution in [3.63, 3.8) is 0 Å². The zero-order valence-electron chi connectivity index (χ0n) is 12.6. The molecule has 0 spiro atoms. The minimum absolute atomic E-state index is 0.646. The van der Waals surface area contributed by atoms with Crippen LogP contribution in [0.5, 0.6) is 0 Å². The normalized spacial score (nSPS) is 20.8. The average Bonchev–Trinajstić information content (AvgIpc) is 2.36. The zero-order chi connectivity index (χ0) is 13.2. The second kappa shape index (κ2) is 9.76. The van der Waals surface area contributed by atoms with Crippen molar-refractivity contribution >= 4 is 0 Å². The van der Waals surface area contributed by atoms with Crippen LogP contribution in [-0.2, 0) is 4.74 Å². The fraction of sp³-hybridized carbons (Fsp3) is 1.00. The highest BCUT2D eigenvalue weighted by molar-refractivity contribution is 4.73. The third kappa shape index (κ3) is 7.34. The van der Waals surface area contributed by atoms with Crippen LogP contribution in [0.2, 0.25) is 0 Å². The van der Waals surface area contributed by atoms with Gasteiger partial charge in [0.2, 0.25) is 0 Å². The number of nitrogens with one attached hydrogen (secondary N) is 1. The third-order valence-corrected chi connectivity index (χ3v) is 3.46. The van der Waals surface area contributed by atoms with Crippen LogP contribution in [0, 0.1) is 11.8 Å². The van der Waals surface area contributed by atoms with Crippen molar-refractivity contribution in [3.05, 3.63) is 0 Å². The van der Waals surface area contributed by atoms with Crippen molar-refractivity contribution in [3.8, 4) is 0 Å². The predicted octanol–water partition coefficient (Wildman–Crippen LogP) is 2.37. The van der Waals surface area contributed by atoms with Crippen molar-refractivity contribution < 1.29 is 4.74 Å². The van der Waals surface area contributed by atoms with E-state index in [4.69, 9.17) is 4.74 Å². The molecule has 1 aliphatic heterocycles. The van der Waals surface area contributed by atoms with Gasteiger partial charge in [0.1, 0.15) is 0 Å². The van der Waals surface area contributed by atoms with Crippen molar-refractivity contribution in [2.75, 3.05) is 45.9 Å². The van der Waals surface area contributed by atoms with Crippen LogP contribution in [0.25, 0.3) is 0 Å². The maximum absolute atomic E-state index is 5.70. The molecule has 0 aliphatic carbocycles. The first-order chi connectivity index (χ1) is 8.72. The average molecular weight is 256 g/mol. The molecule has 3 heteroatoms. The number of rotatable bonds is 9. The minimum Gasteiger partial charge on any atom is -0.380 e. The summed E-state index contributed by atoms with van der Waals surface area (Å²) in [5, 5.41) is 3.51. The Morgan fingerprint density at radius 2 is 2.17 bits per heavy atom. The molecule has 3 nitrogen and oxygen atoms in total. The van der Waals surface area contributed by atoms with Crippen molar-refractivity contribution in [1.29, 1.82) is 0 Å². The molecule has 1 heterocycles. The number of piperidine rings is 1. The second-order valence-corrected chi connectivity index (χ2v) is 5.98. The van der Waals surface area contributed by atoms with Gasteiger partial charge >= 0.3 is 0 Å². The van der Waals surface area contributed by atoms with Crippen LogP contribution in [0.3, 0.4) is 0 Å². The van der Waals surface area contributed by atoms with Crippen molar-refractivity contribution in [1.82, 2.24) is 10.2 Å². The lowest BCUT2D eigenvalue weighted by Gasteiger charge is -2.30. The van der Waals surface area contributed by atoms with Crippen LogP contribution in [-0.4, -0.2) is 50.8 Å². The van der Waals surface area contributed by atoms with Gasteiger partial charge in [0.25, 0.3) is 0 Å². The summed E-state index contributed by atoms with van der Waals surface area (Å²) in [7, 11) is 0. The zero-order valence-corrected chi connectivity index (χ0v) is 12.6. The summed E-state index contributed by atoms with van der Waals surface area (Å²) in [6.45, 7) is 14.4. The van der Waals surface area contributed by atoms with Gasteiger partial charge in [-0.15, -0.1) is 0 Å². The van der Waals surface area contributed by atoms with Gasteiger partial charge in [0, 0.05) is 19.7 Å². The lowest BCUT2D eigenvalue weighted by molar-refractivity contribution is 0.0790. The molecule has 1 fully saturated rings. The molecule has 108 valence electrons. The monoisotopic (exact) mass is 256 g/mol. The van der Waals surface area contributed by atoms with Crippen LogP contribution in [0.4, 0.5) is 0 Å². The summed E-state index contributed by atoms with van der Waals surface area (Å²) in [5.74, 6) is 1.49. The van der Waals surface area contributed by atoms with Crippen LogP contribution in [0.15, 0.2) is 0 Å². The first-order valence-corrected chi connectivity index (χ1v) is 7.73. The van der Waals surface area contributed by atoms with E-state index in [2.05, 4.69) is 31.0 Å². The molecule has 0 saturated carbocycles. The highest BCUT2D eigenvalue weighted by atomic mass is 16.5. The molecule has 1 unspecified atom stereocenters. The van der Waals surface area contributed by atoms with Gasteiger partial charge in [-0.05, 0) is 50.7 Å². The SMILES string of the molecule is CCCN(CCOCC(C)C)CC1CCCNC1. The Bertz CT molecular complexity index is 191. The molecule has 1 saturated heterocycles. The quantitative estimate of drug-likeness (QED) is 0.641. The van der Waals surface area contributed by atoms with E-state index in [-0.39, 0.29) is 0 Å². The molecule has 0 aromatic heterocycles. The van der Waals surface area contributed by atoms with E-state index in [1.807, 2.05) is 0 Å². The Balaban J connectivity index is 2.16. The van der Waals surface area contributed by atoms with Gasteiger partial charge in [-0.1, -0.05) is 20.8 Å². The van der Waals surface area contributed by atoms with Gasteiger partial charge in [0.15, 0.2) is 0 Å². The number of ether oxygens (including phenoxy) is 1. The highest BCUT2D eigenvalue weighted by Gasteiger charge is 2.16. The molecule has 1 rings (SSSR count). The Hall–Kier alpha value is -0.120. The Kier molecular flexibility index (Phi) is 8.64. The van der Waals surface area contributed by atoms with Crippen LogP contribution >= 0.6 is 0 Å². The lowest BCUT2D eigenvalue weighted by Crippen LogP contribution is -2.40. The van der Waals surface area contributed by atoms with Gasteiger partial charge < -0.3 is 15.0 Å². The Labute approximate surface area is 113 Å². The topological polar surface area (TPSA) is 24.5 Å². The highest BCUT2D eigenvalue weighted by Crippen LogP contribution is 2.12. The third-order valence-electron chi connectivity index (χ3n) is 3.46. The Morgan fingerprint density at radius 1 is 1.33 bits per heavy atom. The number of nitrogens with zero attached hydrogens (tertiary/aromatic N) is 1. The maximum atomic E-state index is 5.70. The van der Waals surface area contributed by atoms with E-state index in [0.29, 0.717) is 5.92 Å². The first kappa shape index (κ1) is 15.9. The lowest BCUT2D eigenvalue weighted by atomic mass is 9.99. The van der Waals surface area contributed by atoms with E-state index in [0.717, 1.165) is 25.7 Å². The fourth-order valence-corrected chi connectivity index (χ4v) is 2.57. The summed E-state index contributed by atoms with van der Waals surface area (Å²) < 4.78 is 5.70. The van der Waals surface area contributed by atoms with Gasteiger partial charge in [-0.25, -0.2) is 0 Å². The summed E-state index contributed by atoms with van der Waals surface area (Å²) in [6.07, 6.45) is 3.97. The number of hydrogen-bond donors (Lipinski definition) is 1. The van der Waals surface area contributed by atoms with Crippen LogP contribution < -0.4 is 5.32 Å². The second-order valence-electron chi connectivity index (χ2n) is 5.98. The van der Waals surface area contributed by atoms with Crippen molar-refractivity contribution in [2.45, 2.75) is 40.0 Å². The molecule has 0 aromatic rings. The number of hydrogen-bond acceptors (Lipinski definition) is 3. The smallest absolute Gasteiger partial charge is 0.0593 e. The van der Waals surface area contributed by atoms with Gasteiger partial charge in [-0.3, -0.25) is 0 Å². The molecule has 18 heavy (non-hydrogen) atoms. The summed E-state index contributed by atoms with van der Waals surface area (Å²) in [4.78, 5) is 2.58. The molecule has 0 radical (unpaired) electrons. The van der Waals surface area contributed by atoms with Gasteiger partial charge in [0.05, 0.1) is 6.61 Å². The molecule has 0 aromatic carbocycles. The molecule has 1 aliphatic rings. The largest absolute Gasteiger partial charge is 0.380 e. The molecule has 0 bridgehead atoms. The van der Waals surface area contributed by atoms with Crippen LogP contribution in [0.1, 0.15) is 40.0 Å². The standard InChI is InChI=1S/C15H32N2O/c1-4-8-17(9-10-18-13-14(2)3)12-15-6-5-7-16-11-15/h14-16H,4-13H2,1-3H3. The van der Waals surface area contributed by atoms with E-state index < -0.39 is 0 Å². The van der Waals surface area contributed by atoms with E-state index in [1.165, 1.54) is 45.4 Å². The predicted molar refractivity (Wildman–Crippen MR) is 78.0 cm³/mol. The molecule has 0 amide bonds. The van der Waals surface area contributed by atoms with Crippen molar-refractivity contribution in [2.24, 2.45) is 11.8 Å². The Morgan fingerprint density at radius 3 is 2.78 bits per heavy atom. The van der Waals surface area contributed by atoms with E-state index >= 15 is 0 Å². The summed E-state index contributed by atoms with van der Waals surface area (Å²) in [5.41, 5.74) is 0. The van der Waals surface area contributed by atoms with E-state index in [1.54, 1.807) is 0 Å². The molecule has 1 N–H and O–H groups in total. The fourth-order valence-electron chi connectivity index (χ4n) is 2.57. The maximum Gasteiger partial charge on any atom is 0.0593 e. The van der Waals surface area contributed by atoms with E-state index in [9.17, 15) is 0 Å². The minimum atomic E-state index is 0.646. The molecular weight excluding hydrogens is 224 g/mol.